The molecule has 1 aromatic heterocycles. The number of amides is 1. The summed E-state index contributed by atoms with van der Waals surface area (Å²) < 4.78 is 0. The lowest BCUT2D eigenvalue weighted by Gasteiger charge is -2.17. The minimum atomic E-state index is -0.375. The summed E-state index contributed by atoms with van der Waals surface area (Å²) >= 11 is 0. The smallest absolute Gasteiger partial charge is 0.259 e. The standard InChI is InChI=1S/C10H16N4O2/c1-6(15)7-2-3-14(5-7)10(16)8-4-12-13-9(8)11/h4,6-7,15H,2-3,5H2,1H3,(H3,11,12,13). The van der Waals surface area contributed by atoms with Crippen molar-refractivity contribution in [3.05, 3.63) is 11.8 Å². The van der Waals surface area contributed by atoms with E-state index in [0.29, 0.717) is 24.5 Å². The predicted octanol–water partition coefficient (Wildman–Crippen LogP) is -0.165. The van der Waals surface area contributed by atoms with Crippen molar-refractivity contribution in [1.82, 2.24) is 15.1 Å². The molecule has 0 aromatic carbocycles. The maximum absolute atomic E-state index is 12.0. The summed E-state index contributed by atoms with van der Waals surface area (Å²) in [6.45, 7) is 3.00. The molecular formula is C10H16N4O2. The van der Waals surface area contributed by atoms with Gasteiger partial charge < -0.3 is 15.7 Å². The van der Waals surface area contributed by atoms with Crippen LogP contribution in [-0.2, 0) is 0 Å². The number of carbonyl (C=O) groups is 1. The Hall–Kier alpha value is -1.56. The lowest BCUT2D eigenvalue weighted by atomic mass is 10.0. The van der Waals surface area contributed by atoms with Gasteiger partial charge >= 0.3 is 0 Å². The first kappa shape index (κ1) is 10.9. The highest BCUT2D eigenvalue weighted by molar-refractivity contribution is 5.98. The molecule has 16 heavy (non-hydrogen) atoms. The second kappa shape index (κ2) is 4.13. The fraction of sp³-hybridized carbons (Fsp3) is 0.600. The number of aromatic amines is 1. The summed E-state index contributed by atoms with van der Waals surface area (Å²) in [6, 6.07) is 0. The number of aromatic nitrogens is 2. The van der Waals surface area contributed by atoms with Gasteiger partial charge in [-0.1, -0.05) is 0 Å². The lowest BCUT2D eigenvalue weighted by Crippen LogP contribution is -2.30. The molecule has 1 aliphatic rings. The number of aliphatic hydroxyl groups is 1. The molecule has 1 amide bonds. The van der Waals surface area contributed by atoms with Gasteiger partial charge in [0.2, 0.25) is 0 Å². The van der Waals surface area contributed by atoms with Crippen molar-refractivity contribution >= 4 is 11.7 Å². The summed E-state index contributed by atoms with van der Waals surface area (Å²) in [6.07, 6.45) is 1.90. The molecule has 4 N–H and O–H groups in total. The number of nitrogens with two attached hydrogens (primary N) is 1. The van der Waals surface area contributed by atoms with E-state index in [-0.39, 0.29) is 17.9 Å². The Morgan fingerprint density at radius 2 is 2.56 bits per heavy atom. The lowest BCUT2D eigenvalue weighted by molar-refractivity contribution is 0.0763. The third-order valence-electron chi connectivity index (χ3n) is 3.09. The van der Waals surface area contributed by atoms with Crippen LogP contribution < -0.4 is 5.73 Å². The van der Waals surface area contributed by atoms with Crippen molar-refractivity contribution in [3.8, 4) is 0 Å². The van der Waals surface area contributed by atoms with Crippen molar-refractivity contribution in [2.75, 3.05) is 18.8 Å². The van der Waals surface area contributed by atoms with Crippen molar-refractivity contribution in [2.45, 2.75) is 19.4 Å². The minimum Gasteiger partial charge on any atom is -0.393 e. The van der Waals surface area contributed by atoms with Gasteiger partial charge in [-0.15, -0.1) is 0 Å². The van der Waals surface area contributed by atoms with E-state index in [2.05, 4.69) is 10.2 Å². The average Bonchev–Trinajstić information content (AvgIpc) is 2.84. The Labute approximate surface area is 93.4 Å². The van der Waals surface area contributed by atoms with Crippen LogP contribution in [0.1, 0.15) is 23.7 Å². The summed E-state index contributed by atoms with van der Waals surface area (Å²) in [5.41, 5.74) is 6.00. The molecule has 6 nitrogen and oxygen atoms in total. The molecule has 2 atom stereocenters. The van der Waals surface area contributed by atoms with Crippen LogP contribution in [0.25, 0.3) is 0 Å². The highest BCUT2D eigenvalue weighted by atomic mass is 16.3. The quantitative estimate of drug-likeness (QED) is 0.650. The third-order valence-corrected chi connectivity index (χ3v) is 3.09. The molecule has 0 spiro atoms. The van der Waals surface area contributed by atoms with Gasteiger partial charge in [0.15, 0.2) is 0 Å². The topological polar surface area (TPSA) is 95.2 Å². The van der Waals surface area contributed by atoms with E-state index in [0.717, 1.165) is 6.42 Å². The van der Waals surface area contributed by atoms with E-state index in [1.165, 1.54) is 6.20 Å². The van der Waals surface area contributed by atoms with Crippen molar-refractivity contribution in [1.29, 1.82) is 0 Å². The Bertz CT molecular complexity index is 388. The monoisotopic (exact) mass is 224 g/mol. The second-order valence-electron chi connectivity index (χ2n) is 4.24. The van der Waals surface area contributed by atoms with Crippen LogP contribution in [0.15, 0.2) is 6.20 Å². The van der Waals surface area contributed by atoms with Gasteiger partial charge in [0.05, 0.1) is 12.3 Å². The van der Waals surface area contributed by atoms with E-state index in [9.17, 15) is 9.90 Å². The highest BCUT2D eigenvalue weighted by Gasteiger charge is 2.30. The first-order valence-corrected chi connectivity index (χ1v) is 5.35. The van der Waals surface area contributed by atoms with Crippen LogP contribution in [0.5, 0.6) is 0 Å². The third kappa shape index (κ3) is 1.88. The van der Waals surface area contributed by atoms with Gasteiger partial charge in [-0.05, 0) is 13.3 Å². The Morgan fingerprint density at radius 1 is 1.81 bits per heavy atom. The number of nitrogens with zero attached hydrogens (tertiary/aromatic N) is 2. The summed E-state index contributed by atoms with van der Waals surface area (Å²) in [4.78, 5) is 13.7. The Balaban J connectivity index is 2.05. The predicted molar refractivity (Wildman–Crippen MR) is 58.7 cm³/mol. The van der Waals surface area contributed by atoms with Crippen LogP contribution >= 0.6 is 0 Å². The molecule has 1 aliphatic heterocycles. The molecule has 2 rings (SSSR count). The van der Waals surface area contributed by atoms with Crippen molar-refractivity contribution in [3.63, 3.8) is 0 Å². The number of aliphatic hydroxyl groups excluding tert-OH is 1. The SMILES string of the molecule is CC(O)C1CCN(C(=O)c2cn[nH]c2N)C1. The van der Waals surface area contributed by atoms with Crippen LogP contribution in [0.2, 0.25) is 0 Å². The average molecular weight is 224 g/mol. The number of hydrogen-bond donors (Lipinski definition) is 3. The summed E-state index contributed by atoms with van der Waals surface area (Å²) in [5.74, 6) is 0.344. The highest BCUT2D eigenvalue weighted by Crippen LogP contribution is 2.22. The largest absolute Gasteiger partial charge is 0.393 e. The number of nitrogens with one attached hydrogen (secondary N) is 1. The molecule has 0 saturated carbocycles. The zero-order chi connectivity index (χ0) is 11.7. The number of nitrogen functional groups attached to an aromatic ring is 1. The minimum absolute atomic E-state index is 0.116. The number of rotatable bonds is 2. The van der Waals surface area contributed by atoms with Crippen LogP contribution in [0.4, 0.5) is 5.82 Å². The molecule has 2 unspecified atom stereocenters. The first-order chi connectivity index (χ1) is 7.59. The molecule has 1 fully saturated rings. The zero-order valence-corrected chi connectivity index (χ0v) is 9.18. The van der Waals surface area contributed by atoms with E-state index in [4.69, 9.17) is 5.73 Å². The van der Waals surface area contributed by atoms with Gasteiger partial charge in [-0.2, -0.15) is 5.10 Å². The molecule has 0 aliphatic carbocycles. The Morgan fingerprint density at radius 3 is 3.06 bits per heavy atom. The van der Waals surface area contributed by atoms with Crippen LogP contribution in [0, 0.1) is 5.92 Å². The van der Waals surface area contributed by atoms with Gasteiger partial charge in [0.25, 0.3) is 5.91 Å². The Kier molecular flexibility index (Phi) is 2.82. The fourth-order valence-corrected chi connectivity index (χ4v) is 2.00. The van der Waals surface area contributed by atoms with E-state index in [1.54, 1.807) is 11.8 Å². The van der Waals surface area contributed by atoms with E-state index in [1.807, 2.05) is 0 Å². The maximum Gasteiger partial charge on any atom is 0.259 e. The van der Waals surface area contributed by atoms with Crippen LogP contribution in [0.3, 0.4) is 0 Å². The normalized spacial score (nSPS) is 22.4. The number of hydrogen-bond acceptors (Lipinski definition) is 4. The number of anilines is 1. The number of likely N-dealkylation sites (tertiary alicyclic amines) is 1. The first-order valence-electron chi connectivity index (χ1n) is 5.35. The number of H-pyrrole nitrogens is 1. The molecule has 6 heteroatoms. The maximum atomic E-state index is 12.0. The van der Waals surface area contributed by atoms with Gasteiger partial charge in [0, 0.05) is 19.0 Å². The molecule has 0 radical (unpaired) electrons. The fourth-order valence-electron chi connectivity index (χ4n) is 2.00. The summed E-state index contributed by atoms with van der Waals surface area (Å²) in [5, 5.41) is 15.7. The molecule has 1 saturated heterocycles. The van der Waals surface area contributed by atoms with Gasteiger partial charge in [-0.25, -0.2) is 0 Å². The van der Waals surface area contributed by atoms with E-state index >= 15 is 0 Å². The zero-order valence-electron chi connectivity index (χ0n) is 9.18. The van der Waals surface area contributed by atoms with Gasteiger partial charge in [0.1, 0.15) is 11.4 Å². The van der Waals surface area contributed by atoms with Crippen LogP contribution in [-0.4, -0.2) is 45.3 Å². The van der Waals surface area contributed by atoms with Crippen molar-refractivity contribution < 1.29 is 9.90 Å². The molecule has 1 aromatic rings. The molecular weight excluding hydrogens is 208 g/mol. The number of carbonyl (C=O) groups excluding carboxylic acids is 1. The second-order valence-corrected chi connectivity index (χ2v) is 4.24. The molecule has 0 bridgehead atoms. The van der Waals surface area contributed by atoms with E-state index < -0.39 is 0 Å². The molecule has 88 valence electrons. The van der Waals surface area contributed by atoms with Crippen molar-refractivity contribution in [2.24, 2.45) is 5.92 Å². The van der Waals surface area contributed by atoms with Gasteiger partial charge in [-0.3, -0.25) is 9.89 Å². The summed E-state index contributed by atoms with van der Waals surface area (Å²) in [7, 11) is 0. The molecule has 2 heterocycles.